The van der Waals surface area contributed by atoms with Crippen LogP contribution in [0, 0.1) is 17.3 Å². The third-order valence-electron chi connectivity index (χ3n) is 6.35. The first-order valence-corrected chi connectivity index (χ1v) is 8.84. The Morgan fingerprint density at radius 2 is 2.08 bits per heavy atom. The molecule has 1 fully saturated rings. The number of fused-ring (bicyclic) bond motifs is 1. The highest BCUT2D eigenvalue weighted by Crippen LogP contribution is 2.56. The highest BCUT2D eigenvalue weighted by Gasteiger charge is 2.59. The molecule has 2 rings (SSSR count). The van der Waals surface area contributed by atoms with E-state index in [0.717, 1.165) is 12.0 Å². The van der Waals surface area contributed by atoms with Crippen molar-refractivity contribution in [3.05, 3.63) is 23.3 Å². The zero-order valence-electron chi connectivity index (χ0n) is 15.7. The summed E-state index contributed by atoms with van der Waals surface area (Å²) >= 11 is 0. The van der Waals surface area contributed by atoms with E-state index in [2.05, 4.69) is 6.92 Å². The van der Waals surface area contributed by atoms with Crippen LogP contribution in [0.4, 0.5) is 0 Å². The van der Waals surface area contributed by atoms with Crippen LogP contribution in [0.5, 0.6) is 0 Å². The molecule has 4 nitrogen and oxygen atoms in total. The van der Waals surface area contributed by atoms with Crippen molar-refractivity contribution in [2.24, 2.45) is 17.3 Å². The van der Waals surface area contributed by atoms with Crippen LogP contribution >= 0.6 is 0 Å². The Kier molecular flexibility index (Phi) is 5.10. The van der Waals surface area contributed by atoms with Gasteiger partial charge < -0.3 is 9.84 Å². The molecule has 1 saturated carbocycles. The molecular formula is C20H30O4. The Morgan fingerprint density at radius 1 is 1.46 bits per heavy atom. The molecule has 0 aliphatic heterocycles. The molecule has 0 unspecified atom stereocenters. The van der Waals surface area contributed by atoms with E-state index in [4.69, 9.17) is 4.74 Å². The van der Waals surface area contributed by atoms with E-state index in [0.29, 0.717) is 18.4 Å². The minimum Gasteiger partial charge on any atom is -0.452 e. The number of ether oxygens (including phenoxy) is 1. The number of carbonyl (C=O) groups excluding carboxylic acids is 2. The van der Waals surface area contributed by atoms with Gasteiger partial charge in [-0.15, -0.1) is 0 Å². The zero-order valence-corrected chi connectivity index (χ0v) is 15.7. The predicted octanol–water partition coefficient (Wildman–Crippen LogP) is 3.59. The normalized spacial score (nSPS) is 37.1. The zero-order chi connectivity index (χ0) is 18.3. The third kappa shape index (κ3) is 2.85. The van der Waals surface area contributed by atoms with Crippen LogP contribution in [0.25, 0.3) is 0 Å². The van der Waals surface area contributed by atoms with Crippen LogP contribution in [-0.2, 0) is 14.3 Å². The summed E-state index contributed by atoms with van der Waals surface area (Å²) in [7, 11) is 0. The molecule has 134 valence electrons. The Hall–Kier alpha value is -1.42. The highest BCUT2D eigenvalue weighted by molar-refractivity contribution is 5.88. The minimum atomic E-state index is -1.24. The first-order valence-electron chi connectivity index (χ1n) is 8.84. The third-order valence-corrected chi connectivity index (χ3v) is 6.35. The topological polar surface area (TPSA) is 63.6 Å². The molecule has 0 saturated heterocycles. The summed E-state index contributed by atoms with van der Waals surface area (Å²) in [5.74, 6) is -0.613. The number of hydrogen-bond donors (Lipinski definition) is 1. The Morgan fingerprint density at radius 3 is 2.62 bits per heavy atom. The van der Waals surface area contributed by atoms with Gasteiger partial charge in [0.05, 0.1) is 0 Å². The molecule has 0 spiro atoms. The molecule has 0 aromatic rings. The Balaban J connectivity index is 2.50. The number of rotatable bonds is 3. The van der Waals surface area contributed by atoms with Gasteiger partial charge in [-0.25, -0.2) is 4.79 Å². The molecule has 2 aliphatic carbocycles. The van der Waals surface area contributed by atoms with Crippen molar-refractivity contribution >= 4 is 11.8 Å². The van der Waals surface area contributed by atoms with Gasteiger partial charge in [0.25, 0.3) is 0 Å². The van der Waals surface area contributed by atoms with Crippen molar-refractivity contribution in [1.29, 1.82) is 0 Å². The summed E-state index contributed by atoms with van der Waals surface area (Å²) in [4.78, 5) is 24.4. The van der Waals surface area contributed by atoms with Crippen molar-refractivity contribution in [2.75, 3.05) is 0 Å². The summed E-state index contributed by atoms with van der Waals surface area (Å²) in [5.41, 5.74) is 0.140. The second-order valence-electron chi connectivity index (χ2n) is 7.90. The van der Waals surface area contributed by atoms with Gasteiger partial charge in [0, 0.05) is 24.3 Å². The molecular weight excluding hydrogens is 304 g/mol. The largest absolute Gasteiger partial charge is 0.452 e. The SMILES string of the molecule is C/C=C(/C)C(=O)O[C@H]1C=C(C)[C@@]2(C)CCC(=O)C[C@@H]2[C@@]1(O)C(C)C. The van der Waals surface area contributed by atoms with Gasteiger partial charge in [0.2, 0.25) is 0 Å². The van der Waals surface area contributed by atoms with Gasteiger partial charge in [-0.05, 0) is 44.6 Å². The predicted molar refractivity (Wildman–Crippen MR) is 93.3 cm³/mol. The van der Waals surface area contributed by atoms with Crippen molar-refractivity contribution in [2.45, 2.75) is 72.5 Å². The van der Waals surface area contributed by atoms with Crippen molar-refractivity contribution in [3.63, 3.8) is 0 Å². The summed E-state index contributed by atoms with van der Waals surface area (Å²) in [5, 5.41) is 11.6. The average Bonchev–Trinajstić information content (AvgIpc) is 2.53. The van der Waals surface area contributed by atoms with Gasteiger partial charge in [0.15, 0.2) is 0 Å². The molecule has 24 heavy (non-hydrogen) atoms. The number of Topliss-reactive ketones (excluding diaryl/α,β-unsaturated/α-hetero) is 1. The van der Waals surface area contributed by atoms with Crippen LogP contribution in [-0.4, -0.2) is 28.6 Å². The van der Waals surface area contributed by atoms with Gasteiger partial charge >= 0.3 is 5.97 Å². The maximum absolute atomic E-state index is 12.3. The van der Waals surface area contributed by atoms with Crippen LogP contribution in [0.3, 0.4) is 0 Å². The molecule has 0 aromatic carbocycles. The standard InChI is InChI=1S/C20H30O4/c1-7-13(4)18(22)24-17-10-14(5)19(6)9-8-15(21)11-16(19)20(17,23)12(2)3/h7,10,12,16-17,23H,8-9,11H2,1-6H3/b13-7-/t16-,17-,19+,20-/m0/s1. The van der Waals surface area contributed by atoms with Crippen LogP contribution in [0.2, 0.25) is 0 Å². The van der Waals surface area contributed by atoms with E-state index in [1.54, 1.807) is 19.9 Å². The summed E-state index contributed by atoms with van der Waals surface area (Å²) in [6.07, 6.45) is 4.49. The van der Waals surface area contributed by atoms with Crippen LogP contribution < -0.4 is 0 Å². The molecule has 4 atom stereocenters. The molecule has 0 bridgehead atoms. The monoisotopic (exact) mass is 334 g/mol. The van der Waals surface area contributed by atoms with E-state index in [9.17, 15) is 14.7 Å². The summed E-state index contributed by atoms with van der Waals surface area (Å²) in [6.45, 7) is 11.5. The maximum atomic E-state index is 12.3. The second-order valence-corrected chi connectivity index (χ2v) is 7.90. The van der Waals surface area contributed by atoms with E-state index >= 15 is 0 Å². The lowest BCUT2D eigenvalue weighted by Gasteiger charge is -2.56. The van der Waals surface area contributed by atoms with Gasteiger partial charge in [-0.1, -0.05) is 32.4 Å². The number of esters is 1. The van der Waals surface area contributed by atoms with Gasteiger partial charge in [0.1, 0.15) is 17.5 Å². The Labute approximate surface area is 145 Å². The summed E-state index contributed by atoms with van der Waals surface area (Å²) < 4.78 is 5.68. The fraction of sp³-hybridized carbons (Fsp3) is 0.700. The quantitative estimate of drug-likeness (QED) is 0.487. The van der Waals surface area contributed by atoms with Crippen molar-refractivity contribution < 1.29 is 19.4 Å². The van der Waals surface area contributed by atoms with Crippen LogP contribution in [0.15, 0.2) is 23.3 Å². The first-order chi connectivity index (χ1) is 11.1. The van der Waals surface area contributed by atoms with Crippen LogP contribution in [0.1, 0.15) is 60.8 Å². The number of ketones is 1. The number of aliphatic hydroxyl groups is 1. The van der Waals surface area contributed by atoms with E-state index in [1.807, 2.05) is 26.8 Å². The number of carbonyl (C=O) groups is 2. The van der Waals surface area contributed by atoms with Gasteiger partial charge in [-0.3, -0.25) is 4.79 Å². The van der Waals surface area contributed by atoms with Crippen molar-refractivity contribution in [1.82, 2.24) is 0 Å². The van der Waals surface area contributed by atoms with E-state index < -0.39 is 17.7 Å². The van der Waals surface area contributed by atoms with Crippen molar-refractivity contribution in [3.8, 4) is 0 Å². The van der Waals surface area contributed by atoms with E-state index in [1.165, 1.54) is 0 Å². The number of hydrogen-bond acceptors (Lipinski definition) is 4. The fourth-order valence-electron chi connectivity index (χ4n) is 4.21. The van der Waals surface area contributed by atoms with E-state index in [-0.39, 0.29) is 23.0 Å². The average molecular weight is 334 g/mol. The first kappa shape index (κ1) is 18.9. The number of allylic oxidation sites excluding steroid dienone is 2. The molecule has 0 aromatic heterocycles. The maximum Gasteiger partial charge on any atom is 0.334 e. The molecule has 0 heterocycles. The molecule has 2 aliphatic rings. The molecule has 4 heteroatoms. The van der Waals surface area contributed by atoms with Gasteiger partial charge in [-0.2, -0.15) is 0 Å². The smallest absolute Gasteiger partial charge is 0.334 e. The lowest BCUT2D eigenvalue weighted by molar-refractivity contribution is -0.192. The highest BCUT2D eigenvalue weighted by atomic mass is 16.6. The molecule has 0 amide bonds. The second kappa shape index (κ2) is 6.47. The fourth-order valence-corrected chi connectivity index (χ4v) is 4.21. The summed E-state index contributed by atoms with van der Waals surface area (Å²) in [6, 6.07) is 0. The lowest BCUT2D eigenvalue weighted by Crippen LogP contribution is -2.62. The molecule has 1 N–H and O–H groups in total. The lowest BCUT2D eigenvalue weighted by atomic mass is 9.51. The minimum absolute atomic E-state index is 0.138. The Bertz CT molecular complexity index is 601. The molecule has 0 radical (unpaired) electrons.